The molecular formula is C14H19NO5S. The molecule has 2 aliphatic heterocycles. The Morgan fingerprint density at radius 3 is 2.90 bits per heavy atom. The Labute approximate surface area is 124 Å². The van der Waals surface area contributed by atoms with Crippen molar-refractivity contribution < 1.29 is 23.0 Å². The SMILES string of the molecule is CCNC1COc2cc(OC3CS(=O)(=O)CC3O)ccc21. The van der Waals surface area contributed by atoms with Crippen molar-refractivity contribution in [1.82, 2.24) is 5.32 Å². The molecular weight excluding hydrogens is 294 g/mol. The van der Waals surface area contributed by atoms with Gasteiger partial charge in [0.2, 0.25) is 0 Å². The number of hydrogen-bond donors (Lipinski definition) is 2. The molecule has 1 aromatic rings. The van der Waals surface area contributed by atoms with Gasteiger partial charge < -0.3 is 19.9 Å². The Kier molecular flexibility index (Phi) is 3.81. The summed E-state index contributed by atoms with van der Waals surface area (Å²) in [6, 6.07) is 5.64. The van der Waals surface area contributed by atoms with E-state index in [1.165, 1.54) is 0 Å². The number of likely N-dealkylation sites (N-methyl/N-ethyl adjacent to an activating group) is 1. The third kappa shape index (κ3) is 3.00. The fourth-order valence-corrected chi connectivity index (χ4v) is 4.43. The van der Waals surface area contributed by atoms with Crippen LogP contribution in [0.15, 0.2) is 18.2 Å². The Balaban J connectivity index is 1.74. The van der Waals surface area contributed by atoms with Crippen molar-refractivity contribution in [2.75, 3.05) is 24.7 Å². The predicted octanol–water partition coefficient (Wildman–Crippen LogP) is 0.266. The van der Waals surface area contributed by atoms with Gasteiger partial charge in [-0.1, -0.05) is 6.92 Å². The van der Waals surface area contributed by atoms with Crippen molar-refractivity contribution in [2.45, 2.75) is 25.2 Å². The van der Waals surface area contributed by atoms with E-state index in [1.54, 1.807) is 12.1 Å². The minimum absolute atomic E-state index is 0.147. The molecule has 0 aliphatic carbocycles. The summed E-state index contributed by atoms with van der Waals surface area (Å²) in [6.45, 7) is 3.47. The maximum atomic E-state index is 11.5. The first-order chi connectivity index (χ1) is 9.98. The van der Waals surface area contributed by atoms with Crippen LogP contribution in [0.25, 0.3) is 0 Å². The average Bonchev–Trinajstić information content (AvgIpc) is 2.91. The number of aliphatic hydroxyl groups excluding tert-OH is 1. The maximum Gasteiger partial charge on any atom is 0.156 e. The summed E-state index contributed by atoms with van der Waals surface area (Å²) in [5, 5.41) is 13.1. The molecule has 3 unspecified atom stereocenters. The highest BCUT2D eigenvalue weighted by Crippen LogP contribution is 2.35. The Morgan fingerprint density at radius 2 is 2.24 bits per heavy atom. The molecule has 3 rings (SSSR count). The minimum atomic E-state index is -3.21. The second-order valence-electron chi connectivity index (χ2n) is 5.42. The van der Waals surface area contributed by atoms with Crippen molar-refractivity contribution in [3.05, 3.63) is 23.8 Å². The van der Waals surface area contributed by atoms with E-state index in [1.807, 2.05) is 13.0 Å². The monoisotopic (exact) mass is 313 g/mol. The van der Waals surface area contributed by atoms with Gasteiger partial charge in [0, 0.05) is 11.6 Å². The van der Waals surface area contributed by atoms with Crippen LogP contribution in [0.5, 0.6) is 11.5 Å². The molecule has 2 N–H and O–H groups in total. The van der Waals surface area contributed by atoms with Gasteiger partial charge in [-0.3, -0.25) is 0 Å². The fourth-order valence-electron chi connectivity index (χ4n) is 2.76. The molecule has 1 saturated heterocycles. The molecule has 2 heterocycles. The standard InChI is InChI=1S/C14H19NO5S/c1-2-15-11-6-19-13-5-9(3-4-10(11)13)20-14-8-21(17,18)7-12(14)16/h3-5,11-12,14-16H,2,6-8H2,1H3. The Hall–Kier alpha value is -1.31. The molecule has 0 aromatic heterocycles. The molecule has 0 radical (unpaired) electrons. The van der Waals surface area contributed by atoms with Crippen LogP contribution in [0.3, 0.4) is 0 Å². The van der Waals surface area contributed by atoms with E-state index in [9.17, 15) is 13.5 Å². The van der Waals surface area contributed by atoms with E-state index >= 15 is 0 Å². The molecule has 3 atom stereocenters. The van der Waals surface area contributed by atoms with E-state index < -0.39 is 22.0 Å². The summed E-state index contributed by atoms with van der Waals surface area (Å²) in [6.07, 6.45) is -1.68. The molecule has 7 heteroatoms. The molecule has 21 heavy (non-hydrogen) atoms. The molecule has 6 nitrogen and oxygen atoms in total. The molecule has 0 bridgehead atoms. The molecule has 1 fully saturated rings. The topological polar surface area (TPSA) is 84.9 Å². The number of aliphatic hydroxyl groups is 1. The van der Waals surface area contributed by atoms with Crippen LogP contribution in [0.2, 0.25) is 0 Å². The predicted molar refractivity (Wildman–Crippen MR) is 77.4 cm³/mol. The highest BCUT2D eigenvalue weighted by molar-refractivity contribution is 7.91. The second kappa shape index (κ2) is 5.47. The zero-order valence-corrected chi connectivity index (χ0v) is 12.6. The Bertz CT molecular complexity index is 630. The lowest BCUT2D eigenvalue weighted by atomic mass is 10.1. The van der Waals surface area contributed by atoms with Gasteiger partial charge in [0.15, 0.2) is 9.84 Å². The number of ether oxygens (including phenoxy) is 2. The van der Waals surface area contributed by atoms with Crippen LogP contribution >= 0.6 is 0 Å². The third-order valence-electron chi connectivity index (χ3n) is 3.78. The van der Waals surface area contributed by atoms with Crippen LogP contribution in [-0.4, -0.2) is 50.4 Å². The van der Waals surface area contributed by atoms with Gasteiger partial charge in [0.25, 0.3) is 0 Å². The van der Waals surface area contributed by atoms with E-state index in [4.69, 9.17) is 9.47 Å². The van der Waals surface area contributed by atoms with Gasteiger partial charge in [-0.2, -0.15) is 0 Å². The van der Waals surface area contributed by atoms with Crippen molar-refractivity contribution in [2.24, 2.45) is 0 Å². The third-order valence-corrected chi connectivity index (χ3v) is 5.46. The van der Waals surface area contributed by atoms with Crippen LogP contribution in [0.4, 0.5) is 0 Å². The summed E-state index contributed by atoms with van der Waals surface area (Å²) in [7, 11) is -3.21. The van der Waals surface area contributed by atoms with Crippen molar-refractivity contribution in [1.29, 1.82) is 0 Å². The summed E-state index contributed by atoms with van der Waals surface area (Å²) in [5.41, 5.74) is 1.07. The minimum Gasteiger partial charge on any atom is -0.491 e. The van der Waals surface area contributed by atoms with Crippen LogP contribution < -0.4 is 14.8 Å². The van der Waals surface area contributed by atoms with Gasteiger partial charge in [0.05, 0.1) is 17.5 Å². The van der Waals surface area contributed by atoms with Crippen molar-refractivity contribution >= 4 is 9.84 Å². The van der Waals surface area contributed by atoms with Crippen LogP contribution in [-0.2, 0) is 9.84 Å². The molecule has 1 aromatic carbocycles. The van der Waals surface area contributed by atoms with Crippen molar-refractivity contribution in [3.8, 4) is 11.5 Å². The summed E-state index contributed by atoms with van der Waals surface area (Å²) >= 11 is 0. The van der Waals surface area contributed by atoms with Gasteiger partial charge in [-0.15, -0.1) is 0 Å². The zero-order valence-electron chi connectivity index (χ0n) is 11.8. The number of sulfone groups is 1. The normalized spacial score (nSPS) is 29.9. The summed E-state index contributed by atoms with van der Waals surface area (Å²) in [4.78, 5) is 0. The highest BCUT2D eigenvalue weighted by Gasteiger charge is 2.38. The van der Waals surface area contributed by atoms with E-state index in [0.717, 1.165) is 17.9 Å². The molecule has 116 valence electrons. The molecule has 0 amide bonds. The lowest BCUT2D eigenvalue weighted by Crippen LogP contribution is -2.29. The van der Waals surface area contributed by atoms with Gasteiger partial charge in [-0.05, 0) is 18.7 Å². The van der Waals surface area contributed by atoms with E-state index in [2.05, 4.69) is 5.32 Å². The lowest BCUT2D eigenvalue weighted by molar-refractivity contribution is 0.0736. The summed E-state index contributed by atoms with van der Waals surface area (Å²) in [5.74, 6) is 0.883. The second-order valence-corrected chi connectivity index (χ2v) is 7.58. The number of hydrogen-bond acceptors (Lipinski definition) is 6. The first kappa shape index (κ1) is 14.6. The average molecular weight is 313 g/mol. The number of rotatable bonds is 4. The zero-order chi connectivity index (χ0) is 15.0. The Morgan fingerprint density at radius 1 is 1.43 bits per heavy atom. The maximum absolute atomic E-state index is 11.5. The first-order valence-electron chi connectivity index (χ1n) is 7.04. The van der Waals surface area contributed by atoms with Crippen LogP contribution in [0.1, 0.15) is 18.5 Å². The molecule has 0 spiro atoms. The van der Waals surface area contributed by atoms with Crippen molar-refractivity contribution in [3.63, 3.8) is 0 Å². The summed E-state index contributed by atoms with van der Waals surface area (Å²) < 4.78 is 34.2. The van der Waals surface area contributed by atoms with Gasteiger partial charge >= 0.3 is 0 Å². The highest BCUT2D eigenvalue weighted by atomic mass is 32.2. The molecule has 0 saturated carbocycles. The van der Waals surface area contributed by atoms with E-state index in [0.29, 0.717) is 12.4 Å². The number of nitrogens with one attached hydrogen (secondary N) is 1. The lowest BCUT2D eigenvalue weighted by Gasteiger charge is -2.16. The largest absolute Gasteiger partial charge is 0.491 e. The smallest absolute Gasteiger partial charge is 0.156 e. The van der Waals surface area contributed by atoms with Gasteiger partial charge in [-0.25, -0.2) is 8.42 Å². The quantitative estimate of drug-likeness (QED) is 0.830. The number of fused-ring (bicyclic) bond motifs is 1. The van der Waals surface area contributed by atoms with Crippen LogP contribution in [0, 0.1) is 0 Å². The molecule has 2 aliphatic rings. The number of benzene rings is 1. The first-order valence-corrected chi connectivity index (χ1v) is 8.86. The fraction of sp³-hybridized carbons (Fsp3) is 0.571. The van der Waals surface area contributed by atoms with E-state index in [-0.39, 0.29) is 17.5 Å². The van der Waals surface area contributed by atoms with Gasteiger partial charge in [0.1, 0.15) is 30.3 Å².